The van der Waals surface area contributed by atoms with Crippen LogP contribution in [0.4, 0.5) is 14.5 Å². The van der Waals surface area contributed by atoms with Crippen molar-refractivity contribution in [2.45, 2.75) is 6.61 Å². The first-order valence-electron chi connectivity index (χ1n) is 7.34. The molecule has 0 atom stereocenters. The van der Waals surface area contributed by atoms with Crippen molar-refractivity contribution in [3.05, 3.63) is 78.9 Å². The number of rotatable bonds is 5. The molecule has 8 heteroatoms. The maximum absolute atomic E-state index is 13.3. The van der Waals surface area contributed by atoms with Crippen molar-refractivity contribution in [2.75, 3.05) is 5.32 Å². The summed E-state index contributed by atoms with van der Waals surface area (Å²) in [5.74, 6) is -0.695. The molecule has 0 saturated carbocycles. The zero-order valence-corrected chi connectivity index (χ0v) is 17.1. The van der Waals surface area contributed by atoms with Crippen LogP contribution in [0.3, 0.4) is 0 Å². The number of anilines is 1. The minimum absolute atomic E-state index is 0.219. The van der Waals surface area contributed by atoms with Gasteiger partial charge < -0.3 is 10.1 Å². The molecule has 1 heterocycles. The molecule has 0 spiro atoms. The number of hydrogen-bond acceptors (Lipinski definition) is 3. The van der Waals surface area contributed by atoms with Gasteiger partial charge in [-0.1, -0.05) is 6.07 Å². The summed E-state index contributed by atoms with van der Waals surface area (Å²) < 4.78 is 32.8. The largest absolute Gasteiger partial charge is 0.489 e. The number of carbonyl (C=O) groups excluding carboxylic acids is 1. The lowest BCUT2D eigenvalue weighted by atomic mass is 10.3. The van der Waals surface area contributed by atoms with E-state index in [2.05, 4.69) is 37.2 Å². The van der Waals surface area contributed by atoms with Gasteiger partial charge in [-0.05, 0) is 67.6 Å². The molecular weight excluding hydrogens is 492 g/mol. The molecule has 0 unspecified atom stereocenters. The Morgan fingerprint density at radius 2 is 1.81 bits per heavy atom. The lowest BCUT2D eigenvalue weighted by molar-refractivity contribution is 0.103. The molecule has 0 radical (unpaired) electrons. The Kier molecular flexibility index (Phi) is 6.05. The van der Waals surface area contributed by atoms with E-state index in [4.69, 9.17) is 4.74 Å². The smallest absolute Gasteiger partial charge is 0.265 e. The van der Waals surface area contributed by atoms with Gasteiger partial charge >= 0.3 is 0 Å². The summed E-state index contributed by atoms with van der Waals surface area (Å²) in [6.45, 7) is 0.219. The van der Waals surface area contributed by atoms with Gasteiger partial charge in [0.2, 0.25) is 0 Å². The average molecular weight is 503 g/mol. The molecule has 1 amide bonds. The normalized spacial score (nSPS) is 10.6. The molecule has 3 aromatic rings. The molecule has 3 nitrogen and oxygen atoms in total. The minimum Gasteiger partial charge on any atom is -0.489 e. The third-order valence-corrected chi connectivity index (χ3v) is 5.55. The van der Waals surface area contributed by atoms with Crippen LogP contribution in [0.5, 0.6) is 5.75 Å². The van der Waals surface area contributed by atoms with E-state index in [0.717, 1.165) is 5.56 Å². The summed E-state index contributed by atoms with van der Waals surface area (Å²) in [4.78, 5) is 12.9. The van der Waals surface area contributed by atoms with E-state index >= 15 is 0 Å². The Bertz CT molecular complexity index is 939. The van der Waals surface area contributed by atoms with Crippen LogP contribution in [0, 0.1) is 11.6 Å². The van der Waals surface area contributed by atoms with Crippen LogP contribution in [0.25, 0.3) is 0 Å². The van der Waals surface area contributed by atoms with Gasteiger partial charge in [-0.3, -0.25) is 4.79 Å². The predicted octanol–water partition coefficient (Wildman–Crippen LogP) is 6.38. The maximum atomic E-state index is 13.3. The number of thiophene rings is 1. The second-order valence-electron chi connectivity index (χ2n) is 5.26. The molecule has 1 N–H and O–H groups in total. The molecule has 2 aromatic carbocycles. The molecule has 1 aromatic heterocycles. The molecule has 0 aliphatic rings. The van der Waals surface area contributed by atoms with Crippen LogP contribution in [0.2, 0.25) is 0 Å². The van der Waals surface area contributed by atoms with Gasteiger partial charge in [-0.15, -0.1) is 11.3 Å². The molecule has 0 fully saturated rings. The Hall–Kier alpha value is -1.77. The first kappa shape index (κ1) is 19.0. The zero-order valence-electron chi connectivity index (χ0n) is 13.1. The van der Waals surface area contributed by atoms with Crippen LogP contribution >= 0.6 is 43.2 Å². The highest BCUT2D eigenvalue weighted by molar-refractivity contribution is 9.11. The van der Waals surface area contributed by atoms with Gasteiger partial charge in [0.05, 0.1) is 10.6 Å². The highest BCUT2D eigenvalue weighted by atomic mass is 79.9. The van der Waals surface area contributed by atoms with Crippen molar-refractivity contribution in [1.82, 2.24) is 0 Å². The molecule has 3 rings (SSSR count). The van der Waals surface area contributed by atoms with Crippen molar-refractivity contribution in [1.29, 1.82) is 0 Å². The number of ether oxygens (including phenoxy) is 1. The minimum atomic E-state index is -0.422. The van der Waals surface area contributed by atoms with E-state index in [1.807, 2.05) is 0 Å². The summed E-state index contributed by atoms with van der Waals surface area (Å²) in [5, 5.41) is 4.53. The van der Waals surface area contributed by atoms with E-state index in [-0.39, 0.29) is 18.3 Å². The summed E-state index contributed by atoms with van der Waals surface area (Å²) in [5.41, 5.74) is 1.24. The Morgan fingerprint density at radius 3 is 2.50 bits per heavy atom. The van der Waals surface area contributed by atoms with Gasteiger partial charge in [0.15, 0.2) is 0 Å². The topological polar surface area (TPSA) is 38.3 Å². The second kappa shape index (κ2) is 8.28. The van der Waals surface area contributed by atoms with Gasteiger partial charge in [0.25, 0.3) is 5.91 Å². The van der Waals surface area contributed by atoms with E-state index < -0.39 is 5.82 Å². The first-order chi connectivity index (χ1) is 12.4. The Morgan fingerprint density at radius 1 is 1.08 bits per heavy atom. The van der Waals surface area contributed by atoms with Crippen LogP contribution in [-0.2, 0) is 6.61 Å². The summed E-state index contributed by atoms with van der Waals surface area (Å²) in [6.07, 6.45) is 0. The fourth-order valence-electron chi connectivity index (χ4n) is 2.13. The van der Waals surface area contributed by atoms with Crippen molar-refractivity contribution < 1.29 is 18.3 Å². The lowest BCUT2D eigenvalue weighted by Gasteiger charge is -2.09. The number of halogens is 4. The standard InChI is InChI=1S/C18H11Br2F2NO2S/c19-14-6-12(22)7-15(20)17(14)23-18(24)16-4-10(9-26-16)8-25-13-3-1-2-11(21)5-13/h1-7,9H,8H2,(H,23,24). The fourth-order valence-corrected chi connectivity index (χ4v) is 4.25. The van der Waals surface area contributed by atoms with Gasteiger partial charge in [0.1, 0.15) is 24.0 Å². The SMILES string of the molecule is O=C(Nc1c(Br)cc(F)cc1Br)c1cc(COc2cccc(F)c2)cs1. The lowest BCUT2D eigenvalue weighted by Crippen LogP contribution is -2.11. The highest BCUT2D eigenvalue weighted by Crippen LogP contribution is 2.32. The summed E-state index contributed by atoms with van der Waals surface area (Å²) >= 11 is 7.72. The van der Waals surface area contributed by atoms with Crippen molar-refractivity contribution in [3.63, 3.8) is 0 Å². The fraction of sp³-hybridized carbons (Fsp3) is 0.0556. The molecule has 0 saturated heterocycles. The quantitative estimate of drug-likeness (QED) is 0.439. The average Bonchev–Trinajstić information content (AvgIpc) is 3.05. The van der Waals surface area contributed by atoms with Crippen LogP contribution in [0.15, 0.2) is 56.8 Å². The second-order valence-corrected chi connectivity index (χ2v) is 7.88. The monoisotopic (exact) mass is 501 g/mol. The maximum Gasteiger partial charge on any atom is 0.265 e. The summed E-state index contributed by atoms with van der Waals surface area (Å²) in [7, 11) is 0. The van der Waals surface area contributed by atoms with Crippen LogP contribution in [0.1, 0.15) is 15.2 Å². The van der Waals surface area contributed by atoms with Gasteiger partial charge in [0, 0.05) is 20.6 Å². The van der Waals surface area contributed by atoms with Crippen molar-refractivity contribution in [2.24, 2.45) is 0 Å². The van der Waals surface area contributed by atoms with E-state index in [0.29, 0.717) is 25.3 Å². The number of carbonyl (C=O) groups is 1. The predicted molar refractivity (Wildman–Crippen MR) is 105 cm³/mol. The number of nitrogens with one attached hydrogen (secondary N) is 1. The van der Waals surface area contributed by atoms with Gasteiger partial charge in [-0.25, -0.2) is 8.78 Å². The number of hydrogen-bond donors (Lipinski definition) is 1. The number of amides is 1. The van der Waals surface area contributed by atoms with Crippen LogP contribution < -0.4 is 10.1 Å². The van der Waals surface area contributed by atoms with Crippen molar-refractivity contribution >= 4 is 54.8 Å². The van der Waals surface area contributed by atoms with E-state index in [9.17, 15) is 13.6 Å². The molecule has 26 heavy (non-hydrogen) atoms. The molecule has 0 aliphatic carbocycles. The Labute approximate surface area is 169 Å². The third kappa shape index (κ3) is 4.69. The van der Waals surface area contributed by atoms with Crippen molar-refractivity contribution in [3.8, 4) is 5.75 Å². The van der Waals surface area contributed by atoms with Gasteiger partial charge in [-0.2, -0.15) is 0 Å². The highest BCUT2D eigenvalue weighted by Gasteiger charge is 2.14. The molecule has 0 aliphatic heterocycles. The Balaban J connectivity index is 1.67. The third-order valence-electron chi connectivity index (χ3n) is 3.32. The zero-order chi connectivity index (χ0) is 18.7. The van der Waals surface area contributed by atoms with E-state index in [1.165, 1.54) is 35.6 Å². The first-order valence-corrected chi connectivity index (χ1v) is 9.80. The molecular formula is C18H11Br2F2NO2S. The molecule has 0 bridgehead atoms. The van der Waals surface area contributed by atoms with Crippen LogP contribution in [-0.4, -0.2) is 5.91 Å². The number of benzene rings is 2. The van der Waals surface area contributed by atoms with E-state index in [1.54, 1.807) is 23.6 Å². The molecule has 134 valence electrons. The summed E-state index contributed by atoms with van der Waals surface area (Å²) in [6, 6.07) is 10.1.